The van der Waals surface area contributed by atoms with Crippen LogP contribution < -0.4 is 5.73 Å². The fourth-order valence-corrected chi connectivity index (χ4v) is 6.90. The molecule has 0 spiro atoms. The summed E-state index contributed by atoms with van der Waals surface area (Å²) in [4.78, 5) is 15.4. The van der Waals surface area contributed by atoms with Crippen LogP contribution in [0.5, 0.6) is 0 Å². The van der Waals surface area contributed by atoms with Gasteiger partial charge in [-0.3, -0.25) is 4.79 Å². The van der Waals surface area contributed by atoms with Crippen LogP contribution in [0.4, 0.5) is 0 Å². The van der Waals surface area contributed by atoms with Crippen LogP contribution in [0.3, 0.4) is 0 Å². The Hall–Kier alpha value is -0.960. The van der Waals surface area contributed by atoms with Crippen LogP contribution in [0.1, 0.15) is 43.9 Å². The number of hydrogen-bond acceptors (Lipinski definition) is 5. The van der Waals surface area contributed by atoms with E-state index in [2.05, 4.69) is 6.92 Å². The number of hydrogen-bond donors (Lipinski definition) is 1. The van der Waals surface area contributed by atoms with Crippen LogP contribution in [0, 0.1) is 5.92 Å². The fraction of sp³-hybridized carbons (Fsp3) is 0.722. The molecule has 6 nitrogen and oxygen atoms in total. The SMILES string of the molecule is CC1CCN(C(=O)Cc2ccc(S(=O)(=O)N3CCCCC3)s2)C(CN)C1. The average molecular weight is 400 g/mol. The van der Waals surface area contributed by atoms with Crippen LogP contribution in [0.2, 0.25) is 0 Å². The number of nitrogens with zero attached hydrogens (tertiary/aromatic N) is 2. The molecule has 0 radical (unpaired) electrons. The molecule has 0 bridgehead atoms. The van der Waals surface area contributed by atoms with Crippen LogP contribution >= 0.6 is 11.3 Å². The van der Waals surface area contributed by atoms with Gasteiger partial charge in [-0.25, -0.2) is 8.42 Å². The summed E-state index contributed by atoms with van der Waals surface area (Å²) in [6, 6.07) is 3.53. The van der Waals surface area contributed by atoms with Crippen molar-refractivity contribution >= 4 is 27.3 Å². The third kappa shape index (κ3) is 4.30. The Morgan fingerprint density at radius 3 is 2.65 bits per heavy atom. The molecule has 0 aromatic carbocycles. The zero-order valence-corrected chi connectivity index (χ0v) is 17.0. The van der Waals surface area contributed by atoms with Crippen molar-refractivity contribution in [1.29, 1.82) is 0 Å². The van der Waals surface area contributed by atoms with Gasteiger partial charge in [0.05, 0.1) is 6.42 Å². The monoisotopic (exact) mass is 399 g/mol. The van der Waals surface area contributed by atoms with E-state index in [9.17, 15) is 13.2 Å². The Morgan fingerprint density at radius 1 is 1.23 bits per heavy atom. The second kappa shape index (κ2) is 8.37. The molecule has 2 atom stereocenters. The lowest BCUT2D eigenvalue weighted by Crippen LogP contribution is -2.49. The van der Waals surface area contributed by atoms with Gasteiger partial charge in [-0.1, -0.05) is 13.3 Å². The predicted octanol–water partition coefficient (Wildman–Crippen LogP) is 2.05. The molecule has 2 saturated heterocycles. The molecule has 2 unspecified atom stereocenters. The first-order chi connectivity index (χ1) is 12.4. The van der Waals surface area contributed by atoms with Crippen molar-refractivity contribution in [3.8, 4) is 0 Å². The third-order valence-corrected chi connectivity index (χ3v) is 8.89. The summed E-state index contributed by atoms with van der Waals surface area (Å²) in [7, 11) is -3.42. The number of piperidine rings is 2. The minimum Gasteiger partial charge on any atom is -0.338 e. The number of sulfonamides is 1. The molecule has 0 aliphatic carbocycles. The maximum absolute atomic E-state index is 12.7. The van der Waals surface area contributed by atoms with Crippen molar-refractivity contribution in [2.75, 3.05) is 26.2 Å². The second-order valence-electron chi connectivity index (χ2n) is 7.47. The molecular formula is C18H29N3O3S2. The Balaban J connectivity index is 1.67. The van der Waals surface area contributed by atoms with Gasteiger partial charge in [0, 0.05) is 37.1 Å². The Morgan fingerprint density at radius 2 is 1.96 bits per heavy atom. The normalized spacial score (nSPS) is 25.4. The molecule has 2 N–H and O–H groups in total. The van der Waals surface area contributed by atoms with Crippen LogP contribution in [0.25, 0.3) is 0 Å². The Bertz CT molecular complexity index is 726. The number of likely N-dealkylation sites (tertiary alicyclic amines) is 1. The van der Waals surface area contributed by atoms with Gasteiger partial charge in [-0.2, -0.15) is 4.31 Å². The van der Waals surface area contributed by atoms with Crippen LogP contribution in [-0.4, -0.2) is 55.8 Å². The van der Waals surface area contributed by atoms with Gasteiger partial charge in [0.2, 0.25) is 5.91 Å². The summed E-state index contributed by atoms with van der Waals surface area (Å²) in [6.45, 7) is 4.61. The van der Waals surface area contributed by atoms with Crippen LogP contribution in [0.15, 0.2) is 16.3 Å². The van der Waals surface area contributed by atoms with Gasteiger partial charge < -0.3 is 10.6 Å². The zero-order valence-electron chi connectivity index (χ0n) is 15.4. The molecule has 2 aliphatic rings. The molecule has 1 aromatic heterocycles. The summed E-state index contributed by atoms with van der Waals surface area (Å²) < 4.78 is 27.4. The highest BCUT2D eigenvalue weighted by Crippen LogP contribution is 2.28. The van der Waals surface area contributed by atoms with Gasteiger partial charge in [0.25, 0.3) is 10.0 Å². The van der Waals surface area contributed by atoms with Gasteiger partial charge in [-0.05, 0) is 43.7 Å². The summed E-state index contributed by atoms with van der Waals surface area (Å²) in [5.74, 6) is 0.645. The number of rotatable bonds is 5. The van der Waals surface area contributed by atoms with Crippen molar-refractivity contribution in [1.82, 2.24) is 9.21 Å². The van der Waals surface area contributed by atoms with E-state index in [0.717, 1.165) is 43.5 Å². The Labute approximate surface area is 160 Å². The van der Waals surface area contributed by atoms with Crippen LogP contribution in [-0.2, 0) is 21.2 Å². The van der Waals surface area contributed by atoms with Gasteiger partial charge >= 0.3 is 0 Å². The smallest absolute Gasteiger partial charge is 0.252 e. The third-order valence-electron chi connectivity index (χ3n) is 5.44. The van der Waals surface area contributed by atoms with E-state index in [4.69, 9.17) is 5.73 Å². The molecule has 3 heterocycles. The van der Waals surface area contributed by atoms with Crippen molar-refractivity contribution in [3.63, 3.8) is 0 Å². The highest BCUT2D eigenvalue weighted by molar-refractivity contribution is 7.91. The largest absolute Gasteiger partial charge is 0.338 e. The van der Waals surface area contributed by atoms with Crippen molar-refractivity contribution < 1.29 is 13.2 Å². The molecule has 8 heteroatoms. The summed E-state index contributed by atoms with van der Waals surface area (Å²) in [5.41, 5.74) is 5.85. The highest BCUT2D eigenvalue weighted by Gasteiger charge is 2.30. The standard InChI is InChI=1S/C18H29N3O3S2/c1-14-7-10-21(15(11-14)13-19)17(22)12-16-5-6-18(25-16)26(23,24)20-8-3-2-4-9-20/h5-6,14-15H,2-4,7-13,19H2,1H3. The first-order valence-electron chi connectivity index (χ1n) is 9.50. The number of thiophene rings is 1. The summed E-state index contributed by atoms with van der Waals surface area (Å²) in [6.07, 6.45) is 5.13. The molecule has 3 rings (SSSR count). The van der Waals surface area contributed by atoms with Gasteiger partial charge in [0.15, 0.2) is 0 Å². The molecule has 0 saturated carbocycles. The van der Waals surface area contributed by atoms with E-state index < -0.39 is 10.0 Å². The number of carbonyl (C=O) groups is 1. The predicted molar refractivity (Wildman–Crippen MR) is 104 cm³/mol. The molecule has 2 fully saturated rings. The average Bonchev–Trinajstić information content (AvgIpc) is 3.11. The zero-order chi connectivity index (χ0) is 18.7. The maximum Gasteiger partial charge on any atom is 0.252 e. The number of carbonyl (C=O) groups excluding carboxylic acids is 1. The molecule has 26 heavy (non-hydrogen) atoms. The van der Waals surface area contributed by atoms with Crippen molar-refractivity contribution in [3.05, 3.63) is 17.0 Å². The van der Waals surface area contributed by atoms with E-state index >= 15 is 0 Å². The summed E-state index contributed by atoms with van der Waals surface area (Å²) >= 11 is 1.23. The molecule has 1 aromatic rings. The number of amides is 1. The quantitative estimate of drug-likeness (QED) is 0.821. The second-order valence-corrected chi connectivity index (χ2v) is 10.8. The highest BCUT2D eigenvalue weighted by atomic mass is 32.2. The molecule has 1 amide bonds. The van der Waals surface area contributed by atoms with E-state index in [-0.39, 0.29) is 18.4 Å². The van der Waals surface area contributed by atoms with Crippen molar-refractivity contribution in [2.24, 2.45) is 11.7 Å². The van der Waals surface area contributed by atoms with E-state index in [1.807, 2.05) is 4.90 Å². The first-order valence-corrected chi connectivity index (χ1v) is 11.8. The van der Waals surface area contributed by atoms with Gasteiger partial charge in [-0.15, -0.1) is 11.3 Å². The lowest BCUT2D eigenvalue weighted by Gasteiger charge is -2.38. The molecular weight excluding hydrogens is 370 g/mol. The van der Waals surface area contributed by atoms with E-state index in [0.29, 0.717) is 29.8 Å². The van der Waals surface area contributed by atoms with E-state index in [1.54, 1.807) is 16.4 Å². The molecule has 146 valence electrons. The maximum atomic E-state index is 12.7. The summed E-state index contributed by atoms with van der Waals surface area (Å²) in [5, 5.41) is 0. The van der Waals surface area contributed by atoms with Gasteiger partial charge in [0.1, 0.15) is 4.21 Å². The van der Waals surface area contributed by atoms with E-state index in [1.165, 1.54) is 11.3 Å². The minimum absolute atomic E-state index is 0.0520. The first kappa shape index (κ1) is 19.8. The fourth-order valence-electron chi connectivity index (χ4n) is 3.88. The topological polar surface area (TPSA) is 83.7 Å². The number of nitrogens with two attached hydrogens (primary N) is 1. The minimum atomic E-state index is -3.42. The van der Waals surface area contributed by atoms with Crippen molar-refractivity contribution in [2.45, 2.75) is 55.7 Å². The Kier molecular flexibility index (Phi) is 6.37. The lowest BCUT2D eigenvalue weighted by molar-refractivity contribution is -0.134. The molecule has 2 aliphatic heterocycles. The lowest BCUT2D eigenvalue weighted by atomic mass is 9.92.